The molecule has 0 bridgehead atoms. The second-order valence-electron chi connectivity index (χ2n) is 12.4. The molecule has 0 N–H and O–H groups in total. The van der Waals surface area contributed by atoms with Crippen LogP contribution in [0.1, 0.15) is 34.7 Å². The number of rotatable bonds is 16. The first-order valence-corrected chi connectivity index (χ1v) is 17.1. The van der Waals surface area contributed by atoms with E-state index in [4.69, 9.17) is 28.4 Å². The Morgan fingerprint density at radius 1 is 0.360 bits per heavy atom. The topological polar surface area (TPSA) is 72.5 Å². The Hall–Kier alpha value is -4.63. The Labute approximate surface area is 294 Å². The molecule has 2 unspecified atom stereocenters. The molecule has 5 aromatic carbocycles. The molecule has 1 aliphatic rings. The quantitative estimate of drug-likeness (QED) is 0.0989. The van der Waals surface area contributed by atoms with Crippen molar-refractivity contribution in [2.24, 2.45) is 0 Å². The van der Waals surface area contributed by atoms with Gasteiger partial charge >= 0.3 is 5.97 Å². The number of hydrogen-bond acceptors (Lipinski definition) is 7. The molecule has 7 heteroatoms. The molecule has 258 valence electrons. The van der Waals surface area contributed by atoms with Gasteiger partial charge in [-0.1, -0.05) is 152 Å². The Balaban J connectivity index is 1.41. The summed E-state index contributed by atoms with van der Waals surface area (Å²) in [5, 5.41) is 0. The highest BCUT2D eigenvalue weighted by atomic mass is 16.6. The highest BCUT2D eigenvalue weighted by Gasteiger charge is 2.56. The Kier molecular flexibility index (Phi) is 12.9. The molecule has 0 aromatic heterocycles. The van der Waals surface area contributed by atoms with Crippen molar-refractivity contribution in [3.63, 3.8) is 0 Å². The number of esters is 1. The van der Waals surface area contributed by atoms with Gasteiger partial charge in [-0.15, -0.1) is 0 Å². The minimum Gasteiger partial charge on any atom is -0.457 e. The van der Waals surface area contributed by atoms with E-state index in [2.05, 4.69) is 0 Å². The van der Waals surface area contributed by atoms with Gasteiger partial charge in [0.2, 0.25) is 0 Å². The van der Waals surface area contributed by atoms with Crippen LogP contribution in [0, 0.1) is 0 Å². The summed E-state index contributed by atoms with van der Waals surface area (Å²) in [6, 6.07) is 49.7. The van der Waals surface area contributed by atoms with Crippen LogP contribution >= 0.6 is 0 Å². The van der Waals surface area contributed by atoms with Gasteiger partial charge in [0.1, 0.15) is 30.5 Å². The van der Waals surface area contributed by atoms with Crippen molar-refractivity contribution in [1.82, 2.24) is 0 Å². The van der Waals surface area contributed by atoms with E-state index in [1.165, 1.54) is 6.92 Å². The van der Waals surface area contributed by atoms with Gasteiger partial charge in [-0.25, -0.2) is 0 Å². The highest BCUT2D eigenvalue weighted by molar-refractivity contribution is 5.66. The van der Waals surface area contributed by atoms with E-state index in [1.807, 2.05) is 152 Å². The Morgan fingerprint density at radius 3 is 0.760 bits per heavy atom. The van der Waals surface area contributed by atoms with Crippen molar-refractivity contribution in [2.45, 2.75) is 76.6 Å². The summed E-state index contributed by atoms with van der Waals surface area (Å²) in [7, 11) is 0. The van der Waals surface area contributed by atoms with Gasteiger partial charge in [-0.3, -0.25) is 4.79 Å². The van der Waals surface area contributed by atoms with Crippen LogP contribution in [0.25, 0.3) is 0 Å². The average Bonchev–Trinajstić information content (AvgIpc) is 3.16. The standard InChI is InChI=1S/C43H44O7/c1-32(44)50-43-41(48-30-36-23-13-5-14-24-36)39(46-28-34-19-9-3-10-20-34)38(45-27-33-17-7-2-8-18-33)40(47-29-35-21-11-4-12-22-35)42(43)49-31-37-25-15-6-16-26-37/h2-26,38-43H,27-31H2,1H3/t38?,39-,40+,41+,42-,43?. The maximum atomic E-state index is 12.9. The zero-order chi connectivity index (χ0) is 34.4. The molecule has 0 heterocycles. The van der Waals surface area contributed by atoms with Crippen LogP contribution < -0.4 is 0 Å². The highest BCUT2D eigenvalue weighted by Crippen LogP contribution is 2.36. The van der Waals surface area contributed by atoms with E-state index >= 15 is 0 Å². The molecule has 1 saturated carbocycles. The summed E-state index contributed by atoms with van der Waals surface area (Å²) in [4.78, 5) is 12.9. The number of carbonyl (C=O) groups is 1. The van der Waals surface area contributed by atoms with Gasteiger partial charge in [0.15, 0.2) is 6.10 Å². The van der Waals surface area contributed by atoms with E-state index in [9.17, 15) is 4.79 Å². The lowest BCUT2D eigenvalue weighted by molar-refractivity contribution is -0.286. The van der Waals surface area contributed by atoms with Gasteiger partial charge in [0, 0.05) is 6.92 Å². The molecular formula is C43H44O7. The molecule has 0 saturated heterocycles. The fourth-order valence-electron chi connectivity index (χ4n) is 6.23. The van der Waals surface area contributed by atoms with Crippen molar-refractivity contribution in [3.8, 4) is 0 Å². The van der Waals surface area contributed by atoms with Gasteiger partial charge in [-0.05, 0) is 27.8 Å². The summed E-state index contributed by atoms with van der Waals surface area (Å²) >= 11 is 0. The van der Waals surface area contributed by atoms with E-state index < -0.39 is 42.6 Å². The van der Waals surface area contributed by atoms with Crippen molar-refractivity contribution >= 4 is 5.97 Å². The largest absolute Gasteiger partial charge is 0.457 e. The number of ether oxygens (including phenoxy) is 6. The molecule has 50 heavy (non-hydrogen) atoms. The molecule has 1 aliphatic carbocycles. The predicted octanol–water partition coefficient (Wildman–Crippen LogP) is 7.86. The Morgan fingerprint density at radius 2 is 0.560 bits per heavy atom. The zero-order valence-electron chi connectivity index (χ0n) is 28.3. The van der Waals surface area contributed by atoms with E-state index in [0.717, 1.165) is 27.8 Å². The SMILES string of the molecule is CC(=O)OC1[C@@H](OCc2ccccc2)[C@H](OCc2ccccc2)C(OCc2ccccc2)[C@H](OCc2ccccc2)[C@H]1OCc1ccccc1. The fraction of sp³-hybridized carbons (Fsp3) is 0.279. The predicted molar refractivity (Wildman–Crippen MR) is 191 cm³/mol. The third-order valence-corrected chi connectivity index (χ3v) is 8.67. The first kappa shape index (κ1) is 35.2. The average molecular weight is 673 g/mol. The maximum Gasteiger partial charge on any atom is 0.303 e. The zero-order valence-corrected chi connectivity index (χ0v) is 28.3. The van der Waals surface area contributed by atoms with E-state index in [1.54, 1.807) is 0 Å². The van der Waals surface area contributed by atoms with Crippen molar-refractivity contribution < 1.29 is 33.2 Å². The van der Waals surface area contributed by atoms with Crippen LogP contribution in [0.5, 0.6) is 0 Å². The van der Waals surface area contributed by atoms with E-state index in [-0.39, 0.29) is 26.4 Å². The normalized spacial score (nSPS) is 21.8. The van der Waals surface area contributed by atoms with E-state index in [0.29, 0.717) is 6.61 Å². The number of carbonyl (C=O) groups excluding carboxylic acids is 1. The van der Waals surface area contributed by atoms with Gasteiger partial charge in [0.25, 0.3) is 0 Å². The van der Waals surface area contributed by atoms with Crippen LogP contribution in [-0.2, 0) is 66.3 Å². The minimum absolute atomic E-state index is 0.265. The van der Waals surface area contributed by atoms with Crippen LogP contribution in [-0.4, -0.2) is 42.6 Å². The van der Waals surface area contributed by atoms with Gasteiger partial charge < -0.3 is 28.4 Å². The third-order valence-electron chi connectivity index (χ3n) is 8.67. The molecule has 5 aromatic rings. The first-order valence-electron chi connectivity index (χ1n) is 17.1. The fourth-order valence-corrected chi connectivity index (χ4v) is 6.23. The summed E-state index contributed by atoms with van der Waals surface area (Å²) in [6.45, 7) is 2.81. The van der Waals surface area contributed by atoms with Crippen LogP contribution in [0.4, 0.5) is 0 Å². The number of benzene rings is 5. The molecule has 7 nitrogen and oxygen atoms in total. The molecule has 1 fully saturated rings. The molecule has 6 rings (SSSR count). The summed E-state index contributed by atoms with van der Waals surface area (Å²) in [6.07, 6.45) is -4.48. The maximum absolute atomic E-state index is 12.9. The molecule has 0 amide bonds. The molecule has 0 aliphatic heterocycles. The van der Waals surface area contributed by atoms with Crippen LogP contribution in [0.15, 0.2) is 152 Å². The van der Waals surface area contributed by atoms with Crippen LogP contribution in [0.2, 0.25) is 0 Å². The number of hydrogen-bond donors (Lipinski definition) is 0. The first-order chi connectivity index (χ1) is 24.6. The minimum atomic E-state index is -0.877. The van der Waals surface area contributed by atoms with Crippen molar-refractivity contribution in [3.05, 3.63) is 179 Å². The molecule has 0 spiro atoms. The smallest absolute Gasteiger partial charge is 0.303 e. The molecule has 6 atom stereocenters. The van der Waals surface area contributed by atoms with Crippen molar-refractivity contribution in [2.75, 3.05) is 0 Å². The summed E-state index contributed by atoms with van der Waals surface area (Å²) in [5.41, 5.74) is 4.93. The lowest BCUT2D eigenvalue weighted by atomic mass is 9.83. The van der Waals surface area contributed by atoms with Crippen molar-refractivity contribution in [1.29, 1.82) is 0 Å². The summed E-state index contributed by atoms with van der Waals surface area (Å²) in [5.74, 6) is -0.455. The lowest BCUT2D eigenvalue weighted by Crippen LogP contribution is -2.67. The van der Waals surface area contributed by atoms with Gasteiger partial charge in [0.05, 0.1) is 33.0 Å². The second-order valence-corrected chi connectivity index (χ2v) is 12.4. The monoisotopic (exact) mass is 672 g/mol. The second kappa shape index (κ2) is 18.4. The van der Waals surface area contributed by atoms with Gasteiger partial charge in [-0.2, -0.15) is 0 Å². The molecule has 0 radical (unpaired) electrons. The Bertz CT molecular complexity index is 1590. The summed E-state index contributed by atoms with van der Waals surface area (Å²) < 4.78 is 40.1. The lowest BCUT2D eigenvalue weighted by Gasteiger charge is -2.49. The third kappa shape index (κ3) is 9.97. The van der Waals surface area contributed by atoms with Crippen LogP contribution in [0.3, 0.4) is 0 Å². The molecular weight excluding hydrogens is 628 g/mol.